The van der Waals surface area contributed by atoms with Crippen LogP contribution >= 0.6 is 0 Å². The largest absolute Gasteiger partial charge is 0.493 e. The van der Waals surface area contributed by atoms with Crippen molar-refractivity contribution in [2.45, 2.75) is 12.8 Å². The minimum atomic E-state index is -3.29. The maximum atomic E-state index is 12.1. The molecule has 0 aliphatic carbocycles. The van der Waals surface area contributed by atoms with Crippen LogP contribution in [0.15, 0.2) is 36.9 Å². The number of hydrogen-bond donors (Lipinski definition) is 1. The quantitative estimate of drug-likeness (QED) is 0.653. The van der Waals surface area contributed by atoms with Gasteiger partial charge in [0.05, 0.1) is 12.9 Å². The van der Waals surface area contributed by atoms with Crippen LogP contribution in [0.4, 0.5) is 0 Å². The van der Waals surface area contributed by atoms with Crippen molar-refractivity contribution in [1.29, 1.82) is 0 Å². The fraction of sp³-hybridized carbons (Fsp3) is 0.500. The second-order valence-corrected chi connectivity index (χ2v) is 8.19. The number of piperidine rings is 1. The molecule has 7 nitrogen and oxygen atoms in total. The molecule has 1 aromatic rings. The van der Waals surface area contributed by atoms with Gasteiger partial charge < -0.3 is 14.8 Å². The molecule has 1 heterocycles. The van der Waals surface area contributed by atoms with E-state index in [0.717, 1.165) is 12.8 Å². The van der Waals surface area contributed by atoms with Gasteiger partial charge in [-0.3, -0.25) is 4.79 Å². The first-order valence-electron chi connectivity index (χ1n) is 8.57. The van der Waals surface area contributed by atoms with Gasteiger partial charge in [0.15, 0.2) is 18.1 Å². The van der Waals surface area contributed by atoms with E-state index < -0.39 is 10.0 Å². The molecule has 1 aliphatic heterocycles. The highest BCUT2D eigenvalue weighted by Crippen LogP contribution is 2.25. The Morgan fingerprint density at radius 2 is 2.12 bits per heavy atom. The SMILES string of the molecule is C=CCS(=O)(=O)N1CCCC(CNC(=O)COc2ccccc2OC)C1. The zero-order valence-electron chi connectivity index (χ0n) is 15.0. The Labute approximate surface area is 155 Å². The van der Waals surface area contributed by atoms with E-state index in [1.807, 2.05) is 6.07 Å². The van der Waals surface area contributed by atoms with Gasteiger partial charge in [-0.1, -0.05) is 18.2 Å². The summed E-state index contributed by atoms with van der Waals surface area (Å²) in [6, 6.07) is 7.11. The topological polar surface area (TPSA) is 84.9 Å². The lowest BCUT2D eigenvalue weighted by atomic mass is 10.00. The molecule has 1 aromatic carbocycles. The highest BCUT2D eigenvalue weighted by atomic mass is 32.2. The second-order valence-electron chi connectivity index (χ2n) is 6.18. The highest BCUT2D eigenvalue weighted by molar-refractivity contribution is 7.89. The predicted octanol–water partition coefficient (Wildman–Crippen LogP) is 1.42. The van der Waals surface area contributed by atoms with E-state index in [4.69, 9.17) is 9.47 Å². The molecule has 0 bridgehead atoms. The number of nitrogens with one attached hydrogen (secondary N) is 1. The van der Waals surface area contributed by atoms with Crippen molar-refractivity contribution in [1.82, 2.24) is 9.62 Å². The minimum absolute atomic E-state index is 0.0567. The first-order chi connectivity index (χ1) is 12.5. The minimum Gasteiger partial charge on any atom is -0.493 e. The van der Waals surface area contributed by atoms with Crippen molar-refractivity contribution < 1.29 is 22.7 Å². The molecule has 1 N–H and O–H groups in total. The van der Waals surface area contributed by atoms with Crippen molar-refractivity contribution in [2.75, 3.05) is 39.1 Å². The van der Waals surface area contributed by atoms with Gasteiger partial charge >= 0.3 is 0 Å². The fourth-order valence-corrected chi connectivity index (χ4v) is 4.24. The third-order valence-corrected chi connectivity index (χ3v) is 5.99. The van der Waals surface area contributed by atoms with Gasteiger partial charge in [0, 0.05) is 19.6 Å². The van der Waals surface area contributed by atoms with Gasteiger partial charge in [-0.2, -0.15) is 0 Å². The van der Waals surface area contributed by atoms with Crippen LogP contribution < -0.4 is 14.8 Å². The van der Waals surface area contributed by atoms with Crippen molar-refractivity contribution in [3.63, 3.8) is 0 Å². The molecular weight excluding hydrogens is 356 g/mol. The summed E-state index contributed by atoms with van der Waals surface area (Å²) < 4.78 is 36.4. The molecule has 0 radical (unpaired) electrons. The van der Waals surface area contributed by atoms with Crippen molar-refractivity contribution in [3.05, 3.63) is 36.9 Å². The number of carbonyl (C=O) groups excluding carboxylic acids is 1. The Kier molecular flexibility index (Phi) is 7.47. The summed E-state index contributed by atoms with van der Waals surface area (Å²) in [6.07, 6.45) is 3.07. The number of benzene rings is 1. The lowest BCUT2D eigenvalue weighted by molar-refractivity contribution is -0.123. The lowest BCUT2D eigenvalue weighted by Gasteiger charge is -2.31. The number of amides is 1. The smallest absolute Gasteiger partial charge is 0.257 e. The average molecular weight is 382 g/mol. The highest BCUT2D eigenvalue weighted by Gasteiger charge is 2.28. The zero-order valence-corrected chi connectivity index (χ0v) is 15.8. The van der Waals surface area contributed by atoms with Gasteiger partial charge in [0.25, 0.3) is 5.91 Å². The summed E-state index contributed by atoms with van der Waals surface area (Å²) in [5, 5.41) is 2.82. The molecular formula is C18H26N2O5S. The van der Waals surface area contributed by atoms with E-state index >= 15 is 0 Å². The third kappa shape index (κ3) is 5.74. The van der Waals surface area contributed by atoms with Crippen molar-refractivity contribution in [2.24, 2.45) is 5.92 Å². The molecule has 0 aromatic heterocycles. The zero-order chi connectivity index (χ0) is 19.0. The van der Waals surface area contributed by atoms with E-state index in [1.54, 1.807) is 18.2 Å². The monoisotopic (exact) mass is 382 g/mol. The first kappa shape index (κ1) is 20.3. The van der Waals surface area contributed by atoms with Gasteiger partial charge in [-0.15, -0.1) is 6.58 Å². The molecule has 1 amide bonds. The molecule has 1 fully saturated rings. The summed E-state index contributed by atoms with van der Waals surface area (Å²) in [5.74, 6) is 0.861. The fourth-order valence-electron chi connectivity index (χ4n) is 2.89. The summed E-state index contributed by atoms with van der Waals surface area (Å²) in [4.78, 5) is 12.0. The number of sulfonamides is 1. The Morgan fingerprint density at radius 1 is 1.38 bits per heavy atom. The first-order valence-corrected chi connectivity index (χ1v) is 10.2. The second kappa shape index (κ2) is 9.59. The molecule has 1 saturated heterocycles. The van der Waals surface area contributed by atoms with Crippen LogP contribution in [-0.2, 0) is 14.8 Å². The molecule has 1 atom stereocenters. The van der Waals surface area contributed by atoms with E-state index in [-0.39, 0.29) is 24.2 Å². The normalized spacial score (nSPS) is 18.1. The molecule has 144 valence electrons. The summed E-state index contributed by atoms with van der Waals surface area (Å²) in [7, 11) is -1.76. The number of carbonyl (C=O) groups is 1. The molecule has 1 aliphatic rings. The Bertz CT molecular complexity index is 720. The van der Waals surface area contributed by atoms with Crippen LogP contribution in [0.2, 0.25) is 0 Å². The molecule has 26 heavy (non-hydrogen) atoms. The number of para-hydroxylation sites is 2. The van der Waals surface area contributed by atoms with Crippen LogP contribution in [0.5, 0.6) is 11.5 Å². The van der Waals surface area contributed by atoms with Crippen LogP contribution in [0.3, 0.4) is 0 Å². The Morgan fingerprint density at radius 3 is 2.81 bits per heavy atom. The van der Waals surface area contributed by atoms with Gasteiger partial charge in [0.1, 0.15) is 0 Å². The number of rotatable bonds is 9. The molecule has 2 rings (SSSR count). The van der Waals surface area contributed by atoms with E-state index in [0.29, 0.717) is 31.1 Å². The Balaban J connectivity index is 1.79. The standard InChI is InChI=1S/C18H26N2O5S/c1-3-11-26(22,23)20-10-6-7-15(13-20)12-19-18(21)14-25-17-9-5-4-8-16(17)24-2/h3-5,8-9,15H,1,6-7,10-14H2,2H3,(H,19,21). The van der Waals surface area contributed by atoms with Crippen LogP contribution in [0.25, 0.3) is 0 Å². The molecule has 1 unspecified atom stereocenters. The molecule has 0 saturated carbocycles. The third-order valence-electron chi connectivity index (χ3n) is 4.22. The van der Waals surface area contributed by atoms with Crippen molar-refractivity contribution >= 4 is 15.9 Å². The maximum absolute atomic E-state index is 12.1. The van der Waals surface area contributed by atoms with E-state index in [1.165, 1.54) is 17.5 Å². The number of nitrogens with zero attached hydrogens (tertiary/aromatic N) is 1. The summed E-state index contributed by atoms with van der Waals surface area (Å²) >= 11 is 0. The Hall–Kier alpha value is -2.06. The maximum Gasteiger partial charge on any atom is 0.257 e. The molecule has 8 heteroatoms. The summed E-state index contributed by atoms with van der Waals surface area (Å²) in [6.45, 7) is 4.74. The summed E-state index contributed by atoms with van der Waals surface area (Å²) in [5.41, 5.74) is 0. The van der Waals surface area contributed by atoms with Gasteiger partial charge in [-0.25, -0.2) is 12.7 Å². The number of methoxy groups -OCH3 is 1. The number of hydrogen-bond acceptors (Lipinski definition) is 5. The molecule has 0 spiro atoms. The van der Waals surface area contributed by atoms with Gasteiger partial charge in [0.2, 0.25) is 10.0 Å². The lowest BCUT2D eigenvalue weighted by Crippen LogP contribution is -2.44. The number of ether oxygens (including phenoxy) is 2. The average Bonchev–Trinajstić information content (AvgIpc) is 2.65. The predicted molar refractivity (Wildman–Crippen MR) is 99.8 cm³/mol. The van der Waals surface area contributed by atoms with Crippen molar-refractivity contribution in [3.8, 4) is 11.5 Å². The van der Waals surface area contributed by atoms with E-state index in [9.17, 15) is 13.2 Å². The van der Waals surface area contributed by atoms with E-state index in [2.05, 4.69) is 11.9 Å². The van der Waals surface area contributed by atoms with Crippen LogP contribution in [-0.4, -0.2) is 57.7 Å². The van der Waals surface area contributed by atoms with Crippen LogP contribution in [0, 0.1) is 5.92 Å². The van der Waals surface area contributed by atoms with Crippen LogP contribution in [0.1, 0.15) is 12.8 Å². The van der Waals surface area contributed by atoms with Gasteiger partial charge in [-0.05, 0) is 30.9 Å².